The molecule has 1 N–H and O–H groups in total. The molecule has 0 saturated carbocycles. The standard InChI is InChI=1S/C4H5N3O2/c1-3(8)6-4-5-2-9-7-4/h2H,1H3,(H,6,7,8). The first-order chi connectivity index (χ1) is 4.29. The molecule has 0 unspecified atom stereocenters. The van der Waals surface area contributed by atoms with Gasteiger partial charge in [0.25, 0.3) is 5.95 Å². The number of nitrogens with one attached hydrogen (secondary N) is 1. The van der Waals surface area contributed by atoms with E-state index in [1.54, 1.807) is 0 Å². The smallest absolute Gasteiger partial charge is 0.269 e. The maximum atomic E-state index is 10.3. The molecule has 0 spiro atoms. The summed E-state index contributed by atoms with van der Waals surface area (Å²) in [5.74, 6) is -0.0149. The Bertz CT molecular complexity index is 194. The highest BCUT2D eigenvalue weighted by molar-refractivity contribution is 5.86. The highest BCUT2D eigenvalue weighted by Gasteiger charge is 1.96. The van der Waals surface area contributed by atoms with Gasteiger partial charge in [-0.15, -0.1) is 0 Å². The van der Waals surface area contributed by atoms with E-state index in [0.29, 0.717) is 0 Å². The predicted octanol–water partition coefficient (Wildman–Crippen LogP) is 0.0280. The number of rotatable bonds is 1. The minimum atomic E-state index is -0.212. The monoisotopic (exact) mass is 127 g/mol. The van der Waals surface area contributed by atoms with Gasteiger partial charge >= 0.3 is 0 Å². The molecule has 0 aliphatic rings. The number of hydrogen-bond acceptors (Lipinski definition) is 4. The molecular formula is C4H5N3O2. The molecule has 1 aromatic heterocycles. The molecule has 1 amide bonds. The lowest BCUT2D eigenvalue weighted by Gasteiger charge is -1.88. The number of amides is 1. The summed E-state index contributed by atoms with van der Waals surface area (Å²) >= 11 is 0. The van der Waals surface area contributed by atoms with Gasteiger partial charge in [-0.2, -0.15) is 4.98 Å². The van der Waals surface area contributed by atoms with E-state index in [9.17, 15) is 4.79 Å². The van der Waals surface area contributed by atoms with Crippen molar-refractivity contribution >= 4 is 11.9 Å². The maximum Gasteiger partial charge on any atom is 0.269 e. The van der Waals surface area contributed by atoms with Crippen LogP contribution in [0.15, 0.2) is 10.9 Å². The van der Waals surface area contributed by atoms with Crippen LogP contribution in [-0.2, 0) is 4.79 Å². The van der Waals surface area contributed by atoms with E-state index in [2.05, 4.69) is 20.0 Å². The van der Waals surface area contributed by atoms with Crippen molar-refractivity contribution in [2.75, 3.05) is 5.32 Å². The zero-order chi connectivity index (χ0) is 6.69. The molecule has 0 saturated heterocycles. The number of carbonyl (C=O) groups excluding carboxylic acids is 1. The van der Waals surface area contributed by atoms with Crippen LogP contribution in [-0.4, -0.2) is 16.0 Å². The fraction of sp³-hybridized carbons (Fsp3) is 0.250. The highest BCUT2D eigenvalue weighted by Crippen LogP contribution is 1.92. The van der Waals surface area contributed by atoms with Crippen molar-refractivity contribution in [1.29, 1.82) is 0 Å². The lowest BCUT2D eigenvalue weighted by molar-refractivity contribution is -0.114. The van der Waals surface area contributed by atoms with Crippen molar-refractivity contribution in [2.45, 2.75) is 6.92 Å². The highest BCUT2D eigenvalue weighted by atomic mass is 16.5. The van der Waals surface area contributed by atoms with Gasteiger partial charge in [0.2, 0.25) is 12.3 Å². The van der Waals surface area contributed by atoms with Crippen LogP contribution >= 0.6 is 0 Å². The molecule has 48 valence electrons. The molecule has 1 heterocycles. The molecule has 0 aliphatic heterocycles. The van der Waals surface area contributed by atoms with Gasteiger partial charge < -0.3 is 4.52 Å². The van der Waals surface area contributed by atoms with Gasteiger partial charge in [0.15, 0.2) is 0 Å². The third-order valence-electron chi connectivity index (χ3n) is 0.649. The van der Waals surface area contributed by atoms with E-state index in [-0.39, 0.29) is 11.9 Å². The van der Waals surface area contributed by atoms with Crippen LogP contribution < -0.4 is 5.32 Å². The van der Waals surface area contributed by atoms with Crippen molar-refractivity contribution in [3.63, 3.8) is 0 Å². The number of carbonyl (C=O) groups is 1. The molecule has 0 atom stereocenters. The average Bonchev–Trinajstić information content (AvgIpc) is 2.15. The number of nitrogens with zero attached hydrogens (tertiary/aromatic N) is 2. The predicted molar refractivity (Wildman–Crippen MR) is 28.6 cm³/mol. The Morgan fingerprint density at radius 1 is 1.89 bits per heavy atom. The van der Waals surface area contributed by atoms with Crippen LogP contribution in [0.25, 0.3) is 0 Å². The second-order valence-electron chi connectivity index (χ2n) is 1.44. The first kappa shape index (κ1) is 5.74. The third kappa shape index (κ3) is 1.52. The van der Waals surface area contributed by atoms with Gasteiger partial charge in [-0.3, -0.25) is 10.1 Å². The van der Waals surface area contributed by atoms with E-state index in [0.717, 1.165) is 6.39 Å². The largest absolute Gasteiger partial charge is 0.341 e. The lowest BCUT2D eigenvalue weighted by Crippen LogP contribution is -2.06. The van der Waals surface area contributed by atoms with Crippen LogP contribution in [0.2, 0.25) is 0 Å². The molecule has 5 nitrogen and oxygen atoms in total. The quantitative estimate of drug-likeness (QED) is 0.577. The zero-order valence-corrected chi connectivity index (χ0v) is 4.79. The Hall–Kier alpha value is -1.39. The molecule has 0 radical (unpaired) electrons. The molecule has 1 rings (SSSR count). The Labute approximate surface area is 51.1 Å². The maximum absolute atomic E-state index is 10.3. The molecule has 0 fully saturated rings. The minimum Gasteiger partial charge on any atom is -0.341 e. The Morgan fingerprint density at radius 2 is 2.67 bits per heavy atom. The Morgan fingerprint density at radius 3 is 3.11 bits per heavy atom. The second kappa shape index (κ2) is 2.25. The Kier molecular flexibility index (Phi) is 1.44. The van der Waals surface area contributed by atoms with Crippen molar-refractivity contribution in [3.05, 3.63) is 6.39 Å². The number of aromatic nitrogens is 2. The van der Waals surface area contributed by atoms with E-state index in [1.807, 2.05) is 0 Å². The van der Waals surface area contributed by atoms with Crippen LogP contribution in [0, 0.1) is 0 Å². The van der Waals surface area contributed by atoms with Gasteiger partial charge in [-0.25, -0.2) is 0 Å². The topological polar surface area (TPSA) is 68.0 Å². The van der Waals surface area contributed by atoms with E-state index in [1.165, 1.54) is 6.92 Å². The van der Waals surface area contributed by atoms with Gasteiger partial charge in [-0.05, 0) is 5.16 Å². The summed E-state index contributed by atoms with van der Waals surface area (Å²) < 4.78 is 4.34. The first-order valence-electron chi connectivity index (χ1n) is 2.33. The molecule has 0 bridgehead atoms. The fourth-order valence-electron chi connectivity index (χ4n) is 0.383. The summed E-state index contributed by atoms with van der Waals surface area (Å²) in [5, 5.41) is 5.67. The molecule has 0 aliphatic carbocycles. The summed E-state index contributed by atoms with van der Waals surface area (Å²) in [7, 11) is 0. The van der Waals surface area contributed by atoms with Gasteiger partial charge in [0.05, 0.1) is 0 Å². The summed E-state index contributed by atoms with van der Waals surface area (Å²) in [6.07, 6.45) is 1.14. The van der Waals surface area contributed by atoms with Crippen molar-refractivity contribution in [1.82, 2.24) is 10.1 Å². The van der Waals surface area contributed by atoms with Crippen LogP contribution in [0.5, 0.6) is 0 Å². The summed E-state index contributed by atoms with van der Waals surface area (Å²) in [6.45, 7) is 1.37. The molecule has 9 heavy (non-hydrogen) atoms. The normalized spacial score (nSPS) is 9.00. The fourth-order valence-corrected chi connectivity index (χ4v) is 0.383. The third-order valence-corrected chi connectivity index (χ3v) is 0.649. The van der Waals surface area contributed by atoms with Crippen LogP contribution in [0.4, 0.5) is 5.95 Å². The molecule has 5 heteroatoms. The Balaban J connectivity index is 2.58. The summed E-state index contributed by atoms with van der Waals surface area (Å²) in [4.78, 5) is 13.8. The minimum absolute atomic E-state index is 0.197. The summed E-state index contributed by atoms with van der Waals surface area (Å²) in [6, 6.07) is 0. The van der Waals surface area contributed by atoms with Gasteiger partial charge in [0, 0.05) is 6.92 Å². The van der Waals surface area contributed by atoms with Gasteiger partial charge in [-0.1, -0.05) is 0 Å². The average molecular weight is 127 g/mol. The summed E-state index contributed by atoms with van der Waals surface area (Å²) in [5.41, 5.74) is 0. The van der Waals surface area contributed by atoms with E-state index < -0.39 is 0 Å². The van der Waals surface area contributed by atoms with Crippen molar-refractivity contribution < 1.29 is 9.32 Å². The van der Waals surface area contributed by atoms with E-state index in [4.69, 9.17) is 0 Å². The van der Waals surface area contributed by atoms with Crippen LogP contribution in [0.1, 0.15) is 6.92 Å². The number of anilines is 1. The molecular weight excluding hydrogens is 122 g/mol. The molecule has 0 aromatic carbocycles. The van der Waals surface area contributed by atoms with E-state index >= 15 is 0 Å². The lowest BCUT2D eigenvalue weighted by atomic mass is 10.7. The van der Waals surface area contributed by atoms with Crippen molar-refractivity contribution in [3.8, 4) is 0 Å². The van der Waals surface area contributed by atoms with Crippen LogP contribution in [0.3, 0.4) is 0 Å². The van der Waals surface area contributed by atoms with Gasteiger partial charge in [0.1, 0.15) is 0 Å². The SMILES string of the molecule is CC(=O)Nc1ncon1. The number of hydrogen-bond donors (Lipinski definition) is 1. The first-order valence-corrected chi connectivity index (χ1v) is 2.33. The van der Waals surface area contributed by atoms with Crippen molar-refractivity contribution in [2.24, 2.45) is 0 Å². The zero-order valence-electron chi connectivity index (χ0n) is 4.79. The molecule has 1 aromatic rings. The second-order valence-corrected chi connectivity index (χ2v) is 1.44.